The van der Waals surface area contributed by atoms with E-state index in [2.05, 4.69) is 41.2 Å². The summed E-state index contributed by atoms with van der Waals surface area (Å²) in [5.41, 5.74) is 9.35. The van der Waals surface area contributed by atoms with E-state index in [4.69, 9.17) is 4.99 Å². The molecule has 2 amide bonds. The van der Waals surface area contributed by atoms with E-state index < -0.39 is 16.8 Å². The molecule has 3 saturated heterocycles. The molecule has 0 aromatic carbocycles. The Morgan fingerprint density at radius 1 is 1.15 bits per heavy atom. The Morgan fingerprint density at radius 2 is 1.92 bits per heavy atom. The summed E-state index contributed by atoms with van der Waals surface area (Å²) < 4.78 is 22.6. The molecule has 0 aromatic heterocycles. The van der Waals surface area contributed by atoms with Crippen LogP contribution in [0.3, 0.4) is 0 Å². The third-order valence-corrected chi connectivity index (χ3v) is 10.2. The summed E-state index contributed by atoms with van der Waals surface area (Å²) in [6, 6.07) is 0. The molecule has 7 rings (SSSR count). The maximum absolute atomic E-state index is 13.9. The summed E-state index contributed by atoms with van der Waals surface area (Å²) in [5, 5.41) is 0. The highest BCUT2D eigenvalue weighted by Crippen LogP contribution is 2.40. The Bertz CT molecular complexity index is 1250. The molecule has 1 saturated carbocycles. The maximum atomic E-state index is 13.9. The first kappa shape index (κ1) is 25.4. The average Bonchev–Trinajstić information content (AvgIpc) is 3.62. The molecule has 3 atom stereocenters. The molecule has 3 N–H and O–H groups in total. The van der Waals surface area contributed by atoms with Gasteiger partial charge >= 0.3 is 0 Å². The van der Waals surface area contributed by atoms with Gasteiger partial charge < -0.3 is 10.3 Å². The number of piperidine rings is 1. The topological polar surface area (TPSA) is 118 Å². The summed E-state index contributed by atoms with van der Waals surface area (Å²) in [6.07, 6.45) is 16.0. The number of fused-ring (bicyclic) bond motifs is 1. The minimum Gasteiger partial charge on any atom is -0.342 e. The van der Waals surface area contributed by atoms with E-state index in [0.717, 1.165) is 38.1 Å². The van der Waals surface area contributed by atoms with Crippen molar-refractivity contribution in [2.24, 2.45) is 28.7 Å². The van der Waals surface area contributed by atoms with Crippen LogP contribution in [0.4, 0.5) is 0 Å². The van der Waals surface area contributed by atoms with Gasteiger partial charge in [0.25, 0.3) is 5.91 Å². The fourth-order valence-corrected chi connectivity index (χ4v) is 7.32. The number of hydrogen-bond donors (Lipinski definition) is 3. The molecule has 1 spiro atoms. The first-order chi connectivity index (χ1) is 18.9. The highest BCUT2D eigenvalue weighted by molar-refractivity contribution is 7.76. The number of rotatable bonds is 6. The molecule has 0 aromatic rings. The largest absolute Gasteiger partial charge is 0.342 e. The summed E-state index contributed by atoms with van der Waals surface area (Å²) in [4.78, 5) is 35.4. The van der Waals surface area contributed by atoms with Crippen molar-refractivity contribution in [3.8, 4) is 0 Å². The Morgan fingerprint density at radius 3 is 2.62 bits per heavy atom. The Kier molecular flexibility index (Phi) is 6.37. The van der Waals surface area contributed by atoms with Gasteiger partial charge in [0.15, 0.2) is 0 Å². The zero-order chi connectivity index (χ0) is 26.7. The van der Waals surface area contributed by atoms with Crippen molar-refractivity contribution < 1.29 is 18.4 Å². The van der Waals surface area contributed by atoms with Crippen LogP contribution in [0.5, 0.6) is 0 Å². The van der Waals surface area contributed by atoms with E-state index in [0.29, 0.717) is 51.5 Å². The van der Waals surface area contributed by atoms with Crippen molar-refractivity contribution >= 4 is 28.9 Å². The molecule has 4 aliphatic heterocycles. The second-order valence-corrected chi connectivity index (χ2v) is 13.0. The molecule has 0 radical (unpaired) electrons. The van der Waals surface area contributed by atoms with Crippen LogP contribution in [0.1, 0.15) is 38.5 Å². The van der Waals surface area contributed by atoms with Crippen LogP contribution in [0.25, 0.3) is 0 Å². The second kappa shape index (κ2) is 9.79. The highest BCUT2D eigenvalue weighted by Gasteiger charge is 2.52. The number of likely N-dealkylation sites (tertiary alicyclic amines) is 1. The number of nitrogens with zero attached hydrogens (tertiary/aromatic N) is 4. The molecule has 7 aliphatic rings. The molecule has 0 bridgehead atoms. The summed E-state index contributed by atoms with van der Waals surface area (Å²) in [6.45, 7) is 3.56. The van der Waals surface area contributed by atoms with Gasteiger partial charge in [0.05, 0.1) is 0 Å². The molecular weight excluding hydrogens is 516 g/mol. The van der Waals surface area contributed by atoms with Crippen molar-refractivity contribution in [1.82, 2.24) is 25.0 Å². The number of carbonyl (C=O) groups is 2. The third-order valence-electron chi connectivity index (χ3n) is 9.37. The van der Waals surface area contributed by atoms with Crippen LogP contribution in [0, 0.1) is 23.7 Å². The number of amidine groups is 1. The van der Waals surface area contributed by atoms with Crippen molar-refractivity contribution in [3.63, 3.8) is 0 Å². The molecule has 3 unspecified atom stereocenters. The zero-order valence-electron chi connectivity index (χ0n) is 22.1. The summed E-state index contributed by atoms with van der Waals surface area (Å²) in [7, 11) is 0. The van der Waals surface area contributed by atoms with Gasteiger partial charge in [0.1, 0.15) is 11.4 Å². The van der Waals surface area contributed by atoms with Crippen LogP contribution in [0.2, 0.25) is 0 Å². The van der Waals surface area contributed by atoms with Crippen molar-refractivity contribution in [1.29, 1.82) is 0 Å². The Labute approximate surface area is 231 Å². The lowest BCUT2D eigenvalue weighted by Gasteiger charge is -2.42. The van der Waals surface area contributed by atoms with Gasteiger partial charge in [0.2, 0.25) is 17.2 Å². The number of hydrazine groups is 1. The molecule has 3 aliphatic carbocycles. The Hall–Kier alpha value is -2.60. The fraction of sp³-hybridized carbons (Fsp3) is 0.607. The third kappa shape index (κ3) is 4.63. The van der Waals surface area contributed by atoms with Crippen LogP contribution in [0.15, 0.2) is 52.2 Å². The summed E-state index contributed by atoms with van der Waals surface area (Å²) in [5.74, 6) is 1.96. The monoisotopic (exact) mass is 552 g/mol. The van der Waals surface area contributed by atoms with Crippen molar-refractivity contribution in [2.75, 3.05) is 39.3 Å². The number of hydrogen-bond acceptors (Lipinski definition) is 6. The van der Waals surface area contributed by atoms with Gasteiger partial charge in [-0.3, -0.25) is 24.0 Å². The number of allylic oxidation sites excluding steroid dienone is 5. The van der Waals surface area contributed by atoms with Gasteiger partial charge in [-0.25, -0.2) is 13.9 Å². The number of carbonyl (C=O) groups excluding carboxylic acids is 2. The predicted octanol–water partition coefficient (Wildman–Crippen LogP) is 1.51. The minimum atomic E-state index is -2.03. The van der Waals surface area contributed by atoms with E-state index >= 15 is 0 Å². The van der Waals surface area contributed by atoms with Crippen molar-refractivity contribution in [2.45, 2.75) is 44.1 Å². The number of nitrogens with one attached hydrogen (secondary N) is 2. The number of amides is 2. The molecular formula is C28H36N6O4S. The van der Waals surface area contributed by atoms with Gasteiger partial charge in [0, 0.05) is 68.6 Å². The van der Waals surface area contributed by atoms with E-state index in [1.165, 1.54) is 21.1 Å². The first-order valence-corrected chi connectivity index (χ1v) is 15.3. The van der Waals surface area contributed by atoms with E-state index in [9.17, 15) is 18.4 Å². The zero-order valence-corrected chi connectivity index (χ0v) is 22.9. The molecule has 39 heavy (non-hydrogen) atoms. The lowest BCUT2D eigenvalue weighted by Crippen LogP contribution is -2.57. The predicted molar refractivity (Wildman–Crippen MR) is 147 cm³/mol. The fourth-order valence-electron chi connectivity index (χ4n) is 6.82. The smallest absolute Gasteiger partial charge is 0.255 e. The van der Waals surface area contributed by atoms with Gasteiger partial charge in [-0.15, -0.1) is 0 Å². The van der Waals surface area contributed by atoms with Crippen LogP contribution in [-0.4, -0.2) is 85.3 Å². The van der Waals surface area contributed by atoms with Crippen LogP contribution < -0.4 is 10.9 Å². The van der Waals surface area contributed by atoms with Gasteiger partial charge in [-0.05, 0) is 49.7 Å². The second-order valence-electron chi connectivity index (χ2n) is 12.0. The minimum absolute atomic E-state index is 0.0171. The normalized spacial score (nSPS) is 31.3. The highest BCUT2D eigenvalue weighted by atomic mass is 32.2. The van der Waals surface area contributed by atoms with Crippen LogP contribution >= 0.6 is 0 Å². The molecule has 208 valence electrons. The number of aliphatic imine (C=N–C) groups is 1. The molecule has 4 fully saturated rings. The van der Waals surface area contributed by atoms with E-state index in [1.807, 2.05) is 9.80 Å². The van der Waals surface area contributed by atoms with Crippen LogP contribution in [-0.2, 0) is 20.9 Å². The first-order valence-electron chi connectivity index (χ1n) is 14.2. The van der Waals surface area contributed by atoms with E-state index in [-0.39, 0.29) is 29.6 Å². The van der Waals surface area contributed by atoms with E-state index in [1.54, 1.807) is 0 Å². The summed E-state index contributed by atoms with van der Waals surface area (Å²) >= 11 is -2.03. The molecule has 11 heteroatoms. The SMILES string of the molecule is O=C(C1CC1)N1CC(CN2C(=O)C3(CCN(S(=O)O)CC3)N=C2C2C=CC(C3C=C4CNNC4=CC3)=CC2)C1. The maximum Gasteiger partial charge on any atom is 0.255 e. The Balaban J connectivity index is 1.07. The quantitative estimate of drug-likeness (QED) is 0.430. The van der Waals surface area contributed by atoms with Gasteiger partial charge in [-0.1, -0.05) is 30.4 Å². The standard InChI is InChI=1S/C28H36N6O4S/c35-26(21-5-6-21)32-15-18(16-32)17-34-25(30-28(27(34)36)9-11-33(12-10-28)39(37)38)20-3-1-19(2-4-20)22-7-8-24-23(13-22)14-29-31-24/h1-3,8,13,18,20-22,29,31H,4-7,9-12,14-17H2,(H,37,38). The van der Waals surface area contributed by atoms with Gasteiger partial charge in [-0.2, -0.15) is 0 Å². The average molecular weight is 553 g/mol. The lowest BCUT2D eigenvalue weighted by molar-refractivity contribution is -0.140. The molecule has 4 heterocycles. The van der Waals surface area contributed by atoms with Crippen molar-refractivity contribution in [3.05, 3.63) is 47.2 Å². The lowest BCUT2D eigenvalue weighted by atomic mass is 9.83. The molecule has 10 nitrogen and oxygen atoms in total.